The van der Waals surface area contributed by atoms with Gasteiger partial charge in [-0.05, 0) is 13.3 Å². The maximum absolute atomic E-state index is 8.56. The summed E-state index contributed by atoms with van der Waals surface area (Å²) < 4.78 is 0. The van der Waals surface area contributed by atoms with Crippen LogP contribution in [0.4, 0.5) is 0 Å². The van der Waals surface area contributed by atoms with Gasteiger partial charge in [0.15, 0.2) is 0 Å². The maximum atomic E-state index is 8.56. The molecular formula is C10H16O. The summed E-state index contributed by atoms with van der Waals surface area (Å²) >= 11 is 0. The molecule has 0 aromatic rings. The van der Waals surface area contributed by atoms with E-state index >= 15 is 0 Å². The molecule has 0 aromatic carbocycles. The lowest BCUT2D eigenvalue weighted by atomic mass is 10.1. The molecule has 0 saturated heterocycles. The molecule has 0 saturated carbocycles. The summed E-state index contributed by atoms with van der Waals surface area (Å²) in [5.41, 5.74) is 0. The number of hydrogen-bond acceptors (Lipinski definition) is 1. The van der Waals surface area contributed by atoms with Gasteiger partial charge in [0.2, 0.25) is 0 Å². The molecule has 0 spiro atoms. The zero-order chi connectivity index (χ0) is 8.53. The molecule has 0 rings (SSSR count). The summed E-state index contributed by atoms with van der Waals surface area (Å²) in [6.45, 7) is 4.25. The van der Waals surface area contributed by atoms with Crippen molar-refractivity contribution in [2.24, 2.45) is 5.92 Å². The Labute approximate surface area is 69.1 Å². The van der Waals surface area contributed by atoms with Crippen LogP contribution in [0.2, 0.25) is 0 Å². The molecule has 0 aliphatic carbocycles. The Morgan fingerprint density at radius 1 is 1.55 bits per heavy atom. The molecule has 0 aliphatic rings. The first-order chi connectivity index (χ1) is 5.31. The third-order valence-electron chi connectivity index (χ3n) is 1.37. The van der Waals surface area contributed by atoms with Gasteiger partial charge in [-0.25, -0.2) is 0 Å². The maximum Gasteiger partial charge on any atom is 0.0442 e. The van der Waals surface area contributed by atoms with E-state index in [9.17, 15) is 0 Å². The highest BCUT2D eigenvalue weighted by Crippen LogP contribution is 1.97. The predicted octanol–water partition coefficient (Wildman–Crippen LogP) is 1.97. The second-order valence-corrected chi connectivity index (χ2v) is 2.51. The van der Waals surface area contributed by atoms with Crippen molar-refractivity contribution < 1.29 is 5.11 Å². The highest BCUT2D eigenvalue weighted by atomic mass is 16.2. The fourth-order valence-electron chi connectivity index (χ4n) is 0.676. The van der Waals surface area contributed by atoms with E-state index in [1.165, 1.54) is 0 Å². The number of aliphatic hydroxyl groups is 1. The Balaban J connectivity index is 3.50. The van der Waals surface area contributed by atoms with E-state index in [-0.39, 0.29) is 6.61 Å². The van der Waals surface area contributed by atoms with Gasteiger partial charge < -0.3 is 5.11 Å². The van der Waals surface area contributed by atoms with Crippen LogP contribution in [0.25, 0.3) is 0 Å². The van der Waals surface area contributed by atoms with Crippen LogP contribution >= 0.6 is 0 Å². The molecule has 0 aromatic heterocycles. The summed E-state index contributed by atoms with van der Waals surface area (Å²) in [4.78, 5) is 0. The second-order valence-electron chi connectivity index (χ2n) is 2.51. The quantitative estimate of drug-likeness (QED) is 0.484. The molecule has 1 unspecified atom stereocenters. The summed E-state index contributed by atoms with van der Waals surface area (Å²) in [5.74, 6) is 6.40. The average Bonchev–Trinajstić information content (AvgIpc) is 1.99. The fourth-order valence-corrected chi connectivity index (χ4v) is 0.676. The number of allylic oxidation sites excluding steroid dienone is 2. The minimum atomic E-state index is 0.236. The van der Waals surface area contributed by atoms with Crippen LogP contribution in [-0.2, 0) is 0 Å². The van der Waals surface area contributed by atoms with Crippen LogP contribution in [0.5, 0.6) is 0 Å². The summed E-state index contributed by atoms with van der Waals surface area (Å²) in [5, 5.41) is 8.56. The van der Waals surface area contributed by atoms with Crippen LogP contribution in [0.1, 0.15) is 26.7 Å². The first kappa shape index (κ1) is 10.3. The predicted molar refractivity (Wildman–Crippen MR) is 48.1 cm³/mol. The van der Waals surface area contributed by atoms with E-state index in [4.69, 9.17) is 5.11 Å². The molecule has 1 heteroatoms. The Morgan fingerprint density at radius 3 is 2.82 bits per heavy atom. The van der Waals surface area contributed by atoms with E-state index in [2.05, 4.69) is 11.8 Å². The van der Waals surface area contributed by atoms with Crippen LogP contribution in [0, 0.1) is 17.8 Å². The Kier molecular flexibility index (Phi) is 6.87. The van der Waals surface area contributed by atoms with Crippen LogP contribution < -0.4 is 0 Å². The lowest BCUT2D eigenvalue weighted by molar-refractivity contribution is 0.276. The molecule has 0 fully saturated rings. The van der Waals surface area contributed by atoms with Crippen molar-refractivity contribution in [3.8, 4) is 11.8 Å². The third kappa shape index (κ3) is 7.15. The van der Waals surface area contributed by atoms with E-state index in [1.54, 1.807) is 0 Å². The molecule has 0 heterocycles. The molecule has 62 valence electrons. The SMILES string of the molecule is CC=CCC#CC(C)CCO. The van der Waals surface area contributed by atoms with Crippen molar-refractivity contribution in [3.05, 3.63) is 12.2 Å². The van der Waals surface area contributed by atoms with Gasteiger partial charge >= 0.3 is 0 Å². The number of rotatable bonds is 3. The van der Waals surface area contributed by atoms with E-state index in [1.807, 2.05) is 26.0 Å². The largest absolute Gasteiger partial charge is 0.396 e. The molecule has 0 bridgehead atoms. The number of hydrogen-bond donors (Lipinski definition) is 1. The fraction of sp³-hybridized carbons (Fsp3) is 0.600. The molecule has 0 radical (unpaired) electrons. The minimum Gasteiger partial charge on any atom is -0.396 e. The lowest BCUT2D eigenvalue weighted by Gasteiger charge is -1.96. The smallest absolute Gasteiger partial charge is 0.0442 e. The summed E-state index contributed by atoms with van der Waals surface area (Å²) in [6.07, 6.45) is 5.62. The van der Waals surface area contributed by atoms with E-state index in [0.29, 0.717) is 5.92 Å². The zero-order valence-electron chi connectivity index (χ0n) is 7.30. The van der Waals surface area contributed by atoms with Crippen molar-refractivity contribution in [1.29, 1.82) is 0 Å². The average molecular weight is 152 g/mol. The molecule has 11 heavy (non-hydrogen) atoms. The van der Waals surface area contributed by atoms with Crippen molar-refractivity contribution in [1.82, 2.24) is 0 Å². The van der Waals surface area contributed by atoms with Crippen molar-refractivity contribution >= 4 is 0 Å². The topological polar surface area (TPSA) is 20.2 Å². The molecular weight excluding hydrogens is 136 g/mol. The highest BCUT2D eigenvalue weighted by molar-refractivity contribution is 5.06. The van der Waals surface area contributed by atoms with Gasteiger partial charge in [-0.3, -0.25) is 0 Å². The monoisotopic (exact) mass is 152 g/mol. The number of aliphatic hydroxyl groups excluding tert-OH is 1. The van der Waals surface area contributed by atoms with E-state index < -0.39 is 0 Å². The van der Waals surface area contributed by atoms with Gasteiger partial charge in [-0.2, -0.15) is 0 Å². The van der Waals surface area contributed by atoms with Crippen molar-refractivity contribution in [2.75, 3.05) is 6.61 Å². The third-order valence-corrected chi connectivity index (χ3v) is 1.37. The molecule has 1 atom stereocenters. The zero-order valence-corrected chi connectivity index (χ0v) is 7.30. The molecule has 1 N–H and O–H groups in total. The molecule has 1 nitrogen and oxygen atoms in total. The Bertz CT molecular complexity index is 159. The van der Waals surface area contributed by atoms with Crippen LogP contribution in [-0.4, -0.2) is 11.7 Å². The van der Waals surface area contributed by atoms with Gasteiger partial charge in [-0.1, -0.05) is 30.9 Å². The Morgan fingerprint density at radius 2 is 2.27 bits per heavy atom. The van der Waals surface area contributed by atoms with Crippen molar-refractivity contribution in [3.63, 3.8) is 0 Å². The van der Waals surface area contributed by atoms with Crippen molar-refractivity contribution in [2.45, 2.75) is 26.7 Å². The summed E-state index contributed by atoms with van der Waals surface area (Å²) in [7, 11) is 0. The standard InChI is InChI=1S/C10H16O/c1-3-4-5-6-7-10(2)8-9-11/h3-4,10-11H,5,8-9H2,1-2H3. The van der Waals surface area contributed by atoms with Gasteiger partial charge in [0.25, 0.3) is 0 Å². The van der Waals surface area contributed by atoms with E-state index in [0.717, 1.165) is 12.8 Å². The molecule has 0 aliphatic heterocycles. The first-order valence-electron chi connectivity index (χ1n) is 4.01. The van der Waals surface area contributed by atoms with Crippen LogP contribution in [0.3, 0.4) is 0 Å². The van der Waals surface area contributed by atoms with Gasteiger partial charge in [0, 0.05) is 18.9 Å². The van der Waals surface area contributed by atoms with Gasteiger partial charge in [0.1, 0.15) is 0 Å². The summed E-state index contributed by atoms with van der Waals surface area (Å²) in [6, 6.07) is 0. The highest BCUT2D eigenvalue weighted by Gasteiger charge is 1.92. The van der Waals surface area contributed by atoms with Gasteiger partial charge in [-0.15, -0.1) is 0 Å². The van der Waals surface area contributed by atoms with Gasteiger partial charge in [0.05, 0.1) is 0 Å². The lowest BCUT2D eigenvalue weighted by Crippen LogP contribution is -1.93. The normalized spacial score (nSPS) is 12.6. The van der Waals surface area contributed by atoms with Crippen LogP contribution in [0.15, 0.2) is 12.2 Å². The molecule has 0 amide bonds. The second kappa shape index (κ2) is 7.37. The Hall–Kier alpha value is -0.740. The minimum absolute atomic E-state index is 0.236. The first-order valence-corrected chi connectivity index (χ1v) is 4.01.